The maximum absolute atomic E-state index is 17.9. The van der Waals surface area contributed by atoms with E-state index in [2.05, 4.69) is 0 Å². The monoisotopic (exact) mass is 911 g/mol. The molecular formula is C65H43F3N2. The van der Waals surface area contributed by atoms with E-state index in [0.717, 1.165) is 54.9 Å². The number of benzene rings is 12. The molecule has 0 unspecified atom stereocenters. The Morgan fingerprint density at radius 3 is 1.23 bits per heavy atom. The van der Waals surface area contributed by atoms with Crippen LogP contribution in [-0.4, -0.2) is 0 Å². The molecule has 0 atom stereocenters. The fourth-order valence-electron chi connectivity index (χ4n) is 10.0. The number of nitrogens with zero attached hydrogens (tertiary/aromatic N) is 2. The second-order valence-corrected chi connectivity index (χ2v) is 17.4. The van der Waals surface area contributed by atoms with Crippen molar-refractivity contribution in [3.05, 3.63) is 266 Å². The molecule has 2 nitrogen and oxygen atoms in total. The molecule has 5 heteroatoms. The molecule has 0 radical (unpaired) electrons. The molecule has 0 aliphatic rings. The molecular weight excluding hydrogens is 866 g/mol. The maximum atomic E-state index is 17.9. The van der Waals surface area contributed by atoms with Crippen molar-refractivity contribution in [1.29, 1.82) is 0 Å². The number of rotatable bonds is 10. The molecule has 70 heavy (non-hydrogen) atoms. The van der Waals surface area contributed by atoms with E-state index in [4.69, 9.17) is 2.74 Å². The van der Waals surface area contributed by atoms with Crippen molar-refractivity contribution in [3.8, 4) is 44.5 Å². The van der Waals surface area contributed by atoms with E-state index < -0.39 is 35.2 Å². The summed E-state index contributed by atoms with van der Waals surface area (Å²) in [5.41, 5.74) is 7.21. The molecule has 12 aromatic carbocycles. The normalized spacial score (nSPS) is 12.0. The molecule has 12 aromatic rings. The van der Waals surface area contributed by atoms with Crippen molar-refractivity contribution in [2.24, 2.45) is 0 Å². The molecule has 0 aromatic heterocycles. The first-order valence-corrected chi connectivity index (χ1v) is 23.2. The van der Waals surface area contributed by atoms with Crippen molar-refractivity contribution in [1.82, 2.24) is 0 Å². The van der Waals surface area contributed by atoms with Gasteiger partial charge in [0.1, 0.15) is 17.5 Å². The van der Waals surface area contributed by atoms with Crippen LogP contribution in [0.1, 0.15) is 9.68 Å². The predicted octanol–water partition coefficient (Wildman–Crippen LogP) is 18.9. The number of para-hydroxylation sites is 1. The van der Waals surface area contributed by atoms with E-state index in [9.17, 15) is 1.37 Å². The van der Waals surface area contributed by atoms with Gasteiger partial charge in [-0.25, -0.2) is 13.2 Å². The summed E-state index contributed by atoms with van der Waals surface area (Å²) >= 11 is 0. The lowest BCUT2D eigenvalue weighted by Crippen LogP contribution is -2.16. The highest BCUT2D eigenvalue weighted by molar-refractivity contribution is 6.28. The van der Waals surface area contributed by atoms with Gasteiger partial charge in [-0.05, 0) is 128 Å². The number of hydrogen-bond donors (Lipinski definition) is 0. The SMILES string of the molecule is [2H]c1c([2H])c(N(c2c(F)cc(-c3ccccc3)cc2-c2ccccc2)c2ccc3ccc4c(N(c5ccccc5)c5c(F)cc(-c6ccccc6)cc5-c5ccccc5)ccc5ccc2c3c54)c(F)c([2H])c1C. The Hall–Kier alpha value is -8.93. The van der Waals surface area contributed by atoms with E-state index in [1.54, 1.807) is 12.1 Å². The largest absolute Gasteiger partial charge is 0.307 e. The van der Waals surface area contributed by atoms with Crippen LogP contribution >= 0.6 is 0 Å². The van der Waals surface area contributed by atoms with Crippen LogP contribution in [0.3, 0.4) is 0 Å². The van der Waals surface area contributed by atoms with Crippen LogP contribution in [0.2, 0.25) is 0 Å². The summed E-state index contributed by atoms with van der Waals surface area (Å²) in [4.78, 5) is 3.37. The summed E-state index contributed by atoms with van der Waals surface area (Å²) in [5.74, 6) is -2.17. The zero-order valence-electron chi connectivity index (χ0n) is 40.9. The number of halogens is 3. The van der Waals surface area contributed by atoms with E-state index in [1.807, 2.05) is 211 Å². The number of anilines is 6. The molecule has 12 rings (SSSR count). The van der Waals surface area contributed by atoms with Gasteiger partial charge in [-0.15, -0.1) is 0 Å². The first-order chi connectivity index (χ1) is 35.7. The smallest absolute Gasteiger partial charge is 0.148 e. The summed E-state index contributed by atoms with van der Waals surface area (Å²) in [7, 11) is 0. The summed E-state index contributed by atoms with van der Waals surface area (Å²) in [6, 6.07) is 69.2. The Labute approximate surface area is 409 Å². The van der Waals surface area contributed by atoms with Crippen molar-refractivity contribution in [2.45, 2.75) is 6.92 Å². The van der Waals surface area contributed by atoms with E-state index in [0.29, 0.717) is 44.7 Å². The Kier molecular flexibility index (Phi) is 9.84. The van der Waals surface area contributed by atoms with Gasteiger partial charge < -0.3 is 9.80 Å². The van der Waals surface area contributed by atoms with Crippen molar-refractivity contribution in [2.75, 3.05) is 9.80 Å². The minimum Gasteiger partial charge on any atom is -0.307 e. The number of hydrogen-bond acceptors (Lipinski definition) is 2. The third kappa shape index (κ3) is 7.40. The van der Waals surface area contributed by atoms with Gasteiger partial charge >= 0.3 is 0 Å². The summed E-state index contributed by atoms with van der Waals surface area (Å²) in [6.07, 6.45) is 0. The van der Waals surface area contributed by atoms with Crippen molar-refractivity contribution < 1.29 is 17.3 Å². The molecule has 334 valence electrons. The lowest BCUT2D eigenvalue weighted by atomic mass is 9.90. The summed E-state index contributed by atoms with van der Waals surface area (Å²) in [6.45, 7) is 1.45. The molecule has 0 aliphatic heterocycles. The Morgan fingerprint density at radius 1 is 0.357 bits per heavy atom. The van der Waals surface area contributed by atoms with Gasteiger partial charge in [0.25, 0.3) is 0 Å². The first kappa shape index (κ1) is 39.1. The molecule has 0 fully saturated rings. The highest BCUT2D eigenvalue weighted by Gasteiger charge is 2.29. The fourth-order valence-corrected chi connectivity index (χ4v) is 10.0. The second-order valence-electron chi connectivity index (χ2n) is 17.4. The van der Waals surface area contributed by atoms with Crippen molar-refractivity contribution in [3.63, 3.8) is 0 Å². The van der Waals surface area contributed by atoms with Crippen LogP contribution in [0.4, 0.5) is 47.3 Å². The van der Waals surface area contributed by atoms with Crippen LogP contribution in [0.5, 0.6) is 0 Å². The van der Waals surface area contributed by atoms with E-state index in [-0.39, 0.29) is 17.3 Å². The molecule has 0 heterocycles. The van der Waals surface area contributed by atoms with Gasteiger partial charge in [0.2, 0.25) is 0 Å². The minimum absolute atomic E-state index is 0.00169. The predicted molar refractivity (Wildman–Crippen MR) is 286 cm³/mol. The molecule has 0 N–H and O–H groups in total. The highest BCUT2D eigenvalue weighted by Crippen LogP contribution is 2.52. The standard InChI is InChI=1S/C65H43F3N2/c1-42-27-34-61(56(66)37-42)70(65-55(46-23-13-5-14-24-46)39-50(41-58(65)68)44-19-9-3-10-20-44)60-36-31-48-28-32-52-59(35-30-47-29-33-53(60)63(48)62(47)52)69(51-25-15-6-16-26-51)64-54(45-21-11-4-12-22-45)38-49(40-57(64)67)43-17-7-2-8-18-43/h2-41H,1H3/i27D,34D,37D. The van der Waals surface area contributed by atoms with Gasteiger partial charge in [-0.3, -0.25) is 0 Å². The van der Waals surface area contributed by atoms with Gasteiger partial charge in [0.05, 0.1) is 32.5 Å². The van der Waals surface area contributed by atoms with E-state index >= 15 is 13.2 Å². The third-order valence-electron chi connectivity index (χ3n) is 13.2. The van der Waals surface area contributed by atoms with Gasteiger partial charge in [0, 0.05) is 27.6 Å². The fraction of sp³-hybridized carbons (Fsp3) is 0.0154. The Bertz CT molecular complexity index is 4020. The lowest BCUT2D eigenvalue weighted by molar-refractivity contribution is 0.619. The van der Waals surface area contributed by atoms with Crippen LogP contribution in [0, 0.1) is 24.4 Å². The average Bonchev–Trinajstić information content (AvgIpc) is 3.44. The molecule has 0 saturated heterocycles. The topological polar surface area (TPSA) is 6.48 Å². The maximum Gasteiger partial charge on any atom is 0.148 e. The van der Waals surface area contributed by atoms with E-state index in [1.165, 1.54) is 17.9 Å². The Morgan fingerprint density at radius 2 is 0.757 bits per heavy atom. The lowest BCUT2D eigenvalue weighted by Gasteiger charge is -2.32. The molecule has 0 saturated carbocycles. The van der Waals surface area contributed by atoms with Gasteiger partial charge in [0.15, 0.2) is 0 Å². The van der Waals surface area contributed by atoms with Crippen LogP contribution in [0.25, 0.3) is 76.8 Å². The molecule has 0 spiro atoms. The summed E-state index contributed by atoms with van der Waals surface area (Å²) < 4.78 is 80.2. The van der Waals surface area contributed by atoms with Crippen LogP contribution in [-0.2, 0) is 0 Å². The average molecular weight is 912 g/mol. The summed E-state index contributed by atoms with van der Waals surface area (Å²) in [5, 5.41) is 4.72. The zero-order chi connectivity index (χ0) is 49.9. The third-order valence-corrected chi connectivity index (χ3v) is 13.2. The van der Waals surface area contributed by atoms with Gasteiger partial charge in [-0.1, -0.05) is 182 Å². The van der Waals surface area contributed by atoms with Crippen LogP contribution in [0.15, 0.2) is 243 Å². The quantitative estimate of drug-likeness (QED) is 0.126. The minimum atomic E-state index is -1.05. The molecule has 0 bridgehead atoms. The zero-order valence-corrected chi connectivity index (χ0v) is 37.9. The first-order valence-electron chi connectivity index (χ1n) is 24.7. The second kappa shape index (κ2) is 17.6. The molecule has 0 amide bonds. The Balaban J connectivity index is 1.16. The van der Waals surface area contributed by atoms with Crippen LogP contribution < -0.4 is 9.80 Å². The van der Waals surface area contributed by atoms with Gasteiger partial charge in [-0.2, -0.15) is 0 Å². The molecule has 0 aliphatic carbocycles. The van der Waals surface area contributed by atoms with Crippen molar-refractivity contribution >= 4 is 66.4 Å². The highest BCUT2D eigenvalue weighted by atomic mass is 19.1.